The second kappa shape index (κ2) is 8.23. The number of ether oxygens (including phenoxy) is 1. The first-order chi connectivity index (χ1) is 15.2. The summed E-state index contributed by atoms with van der Waals surface area (Å²) in [5, 5.41) is 3.27. The molecule has 0 radical (unpaired) electrons. The minimum Gasteiger partial charge on any atom is -0.459 e. The van der Waals surface area contributed by atoms with E-state index in [4.69, 9.17) is 9.15 Å². The number of hydrogen-bond donors (Lipinski definition) is 1. The molecular weight excluding hydrogens is 480 g/mol. The number of carbonyl (C=O) groups excluding carboxylic acids is 3. The highest BCUT2D eigenvalue weighted by Gasteiger charge is 2.49. The van der Waals surface area contributed by atoms with Gasteiger partial charge in [-0.3, -0.25) is 14.5 Å². The predicted molar refractivity (Wildman–Crippen MR) is 119 cm³/mol. The van der Waals surface area contributed by atoms with Gasteiger partial charge in [-0.05, 0) is 37.6 Å². The van der Waals surface area contributed by atoms with Crippen molar-refractivity contribution in [1.29, 1.82) is 0 Å². The monoisotopic (exact) mass is 498 g/mol. The molecule has 164 valence electrons. The lowest BCUT2D eigenvalue weighted by Gasteiger charge is -2.22. The van der Waals surface area contributed by atoms with E-state index in [1.165, 1.54) is 6.07 Å². The molecule has 1 saturated heterocycles. The highest BCUT2D eigenvalue weighted by atomic mass is 79.9. The zero-order valence-electron chi connectivity index (χ0n) is 17.3. The van der Waals surface area contributed by atoms with Gasteiger partial charge in [0, 0.05) is 21.5 Å². The quantitative estimate of drug-likeness (QED) is 0.328. The molecule has 1 atom stereocenters. The van der Waals surface area contributed by atoms with Gasteiger partial charge in [0.15, 0.2) is 0 Å². The number of nitrogens with one attached hydrogen (secondary N) is 1. The number of nitrogens with zero attached hydrogens (tertiary/aromatic N) is 1. The summed E-state index contributed by atoms with van der Waals surface area (Å²) < 4.78 is 11.2. The first kappa shape index (κ1) is 21.8. The zero-order chi connectivity index (χ0) is 23.0. The van der Waals surface area contributed by atoms with Crippen LogP contribution in [0.1, 0.15) is 23.6 Å². The van der Waals surface area contributed by atoms with Crippen molar-refractivity contribution in [2.75, 3.05) is 6.54 Å². The van der Waals surface area contributed by atoms with Gasteiger partial charge in [0.1, 0.15) is 24.3 Å². The fraction of sp³-hybridized carbons (Fsp3) is 0.217. The minimum absolute atomic E-state index is 0.207. The lowest BCUT2D eigenvalue weighted by atomic mass is 9.91. The summed E-state index contributed by atoms with van der Waals surface area (Å²) >= 11 is 3.31. The van der Waals surface area contributed by atoms with E-state index in [0.29, 0.717) is 22.1 Å². The summed E-state index contributed by atoms with van der Waals surface area (Å²) in [7, 11) is 0. The second-order valence-corrected chi connectivity index (χ2v) is 8.62. The Bertz CT molecular complexity index is 1300. The summed E-state index contributed by atoms with van der Waals surface area (Å²) in [5.41, 5.74) is 0.590. The molecule has 9 heteroatoms. The van der Waals surface area contributed by atoms with E-state index >= 15 is 0 Å². The van der Waals surface area contributed by atoms with Crippen LogP contribution in [0.2, 0.25) is 0 Å². The molecule has 32 heavy (non-hydrogen) atoms. The van der Waals surface area contributed by atoms with E-state index in [2.05, 4.69) is 21.2 Å². The molecule has 2 aromatic carbocycles. The zero-order valence-corrected chi connectivity index (χ0v) is 18.9. The fourth-order valence-electron chi connectivity index (χ4n) is 3.58. The van der Waals surface area contributed by atoms with E-state index in [1.54, 1.807) is 37.3 Å². The Morgan fingerprint density at radius 2 is 1.84 bits per heavy atom. The summed E-state index contributed by atoms with van der Waals surface area (Å²) in [4.78, 5) is 50.5. The molecule has 0 spiro atoms. The van der Waals surface area contributed by atoms with Crippen molar-refractivity contribution >= 4 is 44.8 Å². The molecule has 1 unspecified atom stereocenters. The number of halogens is 1. The Balaban J connectivity index is 1.47. The maximum absolute atomic E-state index is 13.0. The van der Waals surface area contributed by atoms with Gasteiger partial charge in [-0.25, -0.2) is 9.59 Å². The first-order valence-electron chi connectivity index (χ1n) is 9.76. The largest absolute Gasteiger partial charge is 0.459 e. The number of imide groups is 1. The van der Waals surface area contributed by atoms with Crippen molar-refractivity contribution < 1.29 is 23.5 Å². The summed E-state index contributed by atoms with van der Waals surface area (Å²) in [5.74, 6) is -1.32. The molecule has 1 aliphatic rings. The van der Waals surface area contributed by atoms with Crippen LogP contribution in [0, 0.1) is 6.92 Å². The number of hydrogen-bond acceptors (Lipinski definition) is 6. The summed E-state index contributed by atoms with van der Waals surface area (Å²) in [6, 6.07) is 12.9. The molecule has 3 aromatic rings. The molecule has 4 rings (SSSR count). The van der Waals surface area contributed by atoms with Crippen LogP contribution in [0.5, 0.6) is 0 Å². The summed E-state index contributed by atoms with van der Waals surface area (Å²) in [6.45, 7) is 2.76. The van der Waals surface area contributed by atoms with E-state index in [9.17, 15) is 19.2 Å². The van der Waals surface area contributed by atoms with Gasteiger partial charge in [-0.2, -0.15) is 0 Å². The lowest BCUT2D eigenvalue weighted by Crippen LogP contribution is -2.41. The Hall–Kier alpha value is -3.46. The Labute approximate surface area is 191 Å². The number of esters is 1. The molecule has 1 aliphatic heterocycles. The number of carbonyl (C=O) groups is 3. The Morgan fingerprint density at radius 1 is 1.12 bits per heavy atom. The number of amides is 3. The van der Waals surface area contributed by atoms with Gasteiger partial charge in [-0.1, -0.05) is 45.8 Å². The van der Waals surface area contributed by atoms with Crippen molar-refractivity contribution in [3.05, 3.63) is 80.1 Å². The van der Waals surface area contributed by atoms with Crippen molar-refractivity contribution in [3.63, 3.8) is 0 Å². The molecular formula is C23H19BrN2O6. The first-order valence-corrected chi connectivity index (χ1v) is 10.6. The van der Waals surface area contributed by atoms with Gasteiger partial charge < -0.3 is 14.5 Å². The normalized spacial score (nSPS) is 18.2. The van der Waals surface area contributed by atoms with Crippen molar-refractivity contribution in [3.8, 4) is 0 Å². The average molecular weight is 499 g/mol. The van der Waals surface area contributed by atoms with E-state index in [1.807, 2.05) is 19.1 Å². The molecule has 1 N–H and O–H groups in total. The van der Waals surface area contributed by atoms with Gasteiger partial charge in [0.05, 0.1) is 0 Å². The second-order valence-electron chi connectivity index (χ2n) is 7.70. The molecule has 1 aromatic heterocycles. The molecule has 0 aliphatic carbocycles. The minimum atomic E-state index is -1.27. The highest BCUT2D eigenvalue weighted by molar-refractivity contribution is 9.10. The molecule has 8 nitrogen and oxygen atoms in total. The lowest BCUT2D eigenvalue weighted by molar-refractivity contribution is -0.148. The summed E-state index contributed by atoms with van der Waals surface area (Å²) in [6.07, 6.45) is 0. The Kier molecular flexibility index (Phi) is 5.60. The third kappa shape index (κ3) is 4.03. The van der Waals surface area contributed by atoms with E-state index < -0.39 is 35.6 Å². The van der Waals surface area contributed by atoms with E-state index in [-0.39, 0.29) is 6.61 Å². The molecule has 2 heterocycles. The van der Waals surface area contributed by atoms with Crippen molar-refractivity contribution in [1.82, 2.24) is 10.2 Å². The maximum atomic E-state index is 13.0. The number of benzene rings is 2. The molecule has 1 fully saturated rings. The third-order valence-electron chi connectivity index (χ3n) is 5.37. The standard InChI is InChI=1S/C23H19BrN2O6/c1-13-3-5-15(6-4-13)23(2)21(29)26(22(30)25-23)11-20(28)31-12-14-9-19(27)32-18-10-16(24)7-8-17(14)18/h3-10H,11-12H2,1-2H3,(H,25,30). The van der Waals surface area contributed by atoms with Crippen LogP contribution in [0.25, 0.3) is 11.0 Å². The molecule has 3 amide bonds. The van der Waals surface area contributed by atoms with Crippen LogP contribution in [0.15, 0.2) is 62.2 Å². The van der Waals surface area contributed by atoms with Gasteiger partial charge in [0.25, 0.3) is 5.91 Å². The number of aryl methyl sites for hydroxylation is 1. The number of fused-ring (bicyclic) bond motifs is 1. The average Bonchev–Trinajstić information content (AvgIpc) is 2.95. The van der Waals surface area contributed by atoms with Gasteiger partial charge in [-0.15, -0.1) is 0 Å². The smallest absolute Gasteiger partial charge is 0.336 e. The Morgan fingerprint density at radius 3 is 2.56 bits per heavy atom. The molecule has 0 bridgehead atoms. The third-order valence-corrected chi connectivity index (χ3v) is 5.87. The van der Waals surface area contributed by atoms with Crippen LogP contribution in [0.4, 0.5) is 4.79 Å². The SMILES string of the molecule is Cc1ccc(C2(C)NC(=O)N(CC(=O)OCc3cc(=O)oc4cc(Br)ccc34)C2=O)cc1. The number of urea groups is 1. The topological polar surface area (TPSA) is 106 Å². The van der Waals surface area contributed by atoms with Gasteiger partial charge >= 0.3 is 17.6 Å². The van der Waals surface area contributed by atoms with Crippen LogP contribution in [-0.4, -0.2) is 29.4 Å². The molecule has 0 saturated carbocycles. The van der Waals surface area contributed by atoms with Crippen molar-refractivity contribution in [2.24, 2.45) is 0 Å². The predicted octanol–water partition coefficient (Wildman–Crippen LogP) is 3.37. The number of rotatable bonds is 5. The van der Waals surface area contributed by atoms with Crippen LogP contribution < -0.4 is 10.9 Å². The van der Waals surface area contributed by atoms with Crippen LogP contribution >= 0.6 is 15.9 Å². The van der Waals surface area contributed by atoms with Crippen LogP contribution in [-0.2, 0) is 26.5 Å². The fourth-order valence-corrected chi connectivity index (χ4v) is 3.92. The highest BCUT2D eigenvalue weighted by Crippen LogP contribution is 2.29. The maximum Gasteiger partial charge on any atom is 0.336 e. The van der Waals surface area contributed by atoms with E-state index in [0.717, 1.165) is 14.9 Å². The van der Waals surface area contributed by atoms with Crippen molar-refractivity contribution in [2.45, 2.75) is 26.0 Å². The van der Waals surface area contributed by atoms with Gasteiger partial charge in [0.2, 0.25) is 0 Å². The van der Waals surface area contributed by atoms with Crippen LogP contribution in [0.3, 0.4) is 0 Å².